The Morgan fingerprint density at radius 3 is 2.71 bits per heavy atom. The fourth-order valence-electron chi connectivity index (χ4n) is 5.03. The molecule has 1 N–H and O–H groups in total. The Morgan fingerprint density at radius 2 is 1.97 bits per heavy atom. The van der Waals surface area contributed by atoms with Gasteiger partial charge in [-0.2, -0.15) is 0 Å². The summed E-state index contributed by atoms with van der Waals surface area (Å²) in [4.78, 5) is 42.4. The lowest BCUT2D eigenvalue weighted by Crippen LogP contribution is -2.58. The van der Waals surface area contributed by atoms with E-state index in [-0.39, 0.29) is 18.2 Å². The highest BCUT2D eigenvalue weighted by atomic mass is 16.6. The van der Waals surface area contributed by atoms with Crippen LogP contribution in [0, 0.1) is 0 Å². The molecule has 2 aromatic heterocycles. The average Bonchev–Trinajstić information content (AvgIpc) is 3.32. The molecule has 10 heteroatoms. The lowest BCUT2D eigenvalue weighted by Gasteiger charge is -2.47. The highest BCUT2D eigenvalue weighted by Gasteiger charge is 2.49. The molecule has 0 radical (unpaired) electrons. The van der Waals surface area contributed by atoms with Crippen LogP contribution in [0.25, 0.3) is 11.4 Å². The molecule has 1 aromatic carbocycles. The number of hydrogen-bond acceptors (Lipinski definition) is 8. The number of aromatic nitrogens is 4. The number of fused-ring (bicyclic) bond motifs is 1. The Hall–Kier alpha value is -3.79. The Balaban J connectivity index is 1.57. The molecule has 2 aliphatic heterocycles. The Labute approximate surface area is 202 Å². The quantitative estimate of drug-likeness (QED) is 0.597. The van der Waals surface area contributed by atoms with Gasteiger partial charge in [0, 0.05) is 31.9 Å². The van der Waals surface area contributed by atoms with Gasteiger partial charge in [-0.25, -0.2) is 19.7 Å². The normalized spacial score (nSPS) is 20.1. The summed E-state index contributed by atoms with van der Waals surface area (Å²) in [6.07, 6.45) is 3.19. The van der Waals surface area contributed by atoms with Crippen molar-refractivity contribution in [3.05, 3.63) is 70.9 Å². The van der Waals surface area contributed by atoms with Crippen LogP contribution >= 0.6 is 0 Å². The molecule has 1 saturated heterocycles. The van der Waals surface area contributed by atoms with Gasteiger partial charge in [-0.1, -0.05) is 30.3 Å². The van der Waals surface area contributed by atoms with Crippen molar-refractivity contribution in [3.8, 4) is 11.4 Å². The van der Waals surface area contributed by atoms with Gasteiger partial charge in [0.15, 0.2) is 0 Å². The molecule has 0 saturated carbocycles. The Bertz CT molecular complexity index is 1250. The summed E-state index contributed by atoms with van der Waals surface area (Å²) < 4.78 is 6.88. The van der Waals surface area contributed by atoms with Gasteiger partial charge in [0.1, 0.15) is 6.33 Å². The first-order chi connectivity index (χ1) is 17.0. The van der Waals surface area contributed by atoms with Crippen molar-refractivity contribution in [3.63, 3.8) is 0 Å². The van der Waals surface area contributed by atoms with Crippen LogP contribution in [-0.4, -0.2) is 67.4 Å². The lowest BCUT2D eigenvalue weighted by atomic mass is 9.89. The third-order valence-corrected chi connectivity index (χ3v) is 6.85. The first kappa shape index (κ1) is 23.0. The average molecular weight is 477 g/mol. The van der Waals surface area contributed by atoms with Crippen molar-refractivity contribution >= 4 is 12.0 Å². The number of carbonyl (C=O) groups is 1. The summed E-state index contributed by atoms with van der Waals surface area (Å²) in [5.74, 6) is 0.470. The van der Waals surface area contributed by atoms with Gasteiger partial charge in [0.05, 0.1) is 36.2 Å². The van der Waals surface area contributed by atoms with Crippen molar-refractivity contribution in [1.29, 1.82) is 0 Å². The van der Waals surface area contributed by atoms with Crippen molar-refractivity contribution in [2.45, 2.75) is 38.0 Å². The molecule has 2 atom stereocenters. The van der Waals surface area contributed by atoms with Gasteiger partial charge in [-0.05, 0) is 31.4 Å². The maximum Gasteiger partial charge on any atom is 0.409 e. The standard InChI is InChI=1S/C25H28N6O4/c1-2-35-24(34)29-12-9-25(16-29)10-13-30-22(33)14-20(19-8-11-26-17-27-19)28-23(30)31(25)15-21(32)18-6-4-3-5-7-18/h3-8,11,14,17,21,32H,2,9-10,12-13,15-16H2,1H3. The maximum absolute atomic E-state index is 13.1. The molecule has 35 heavy (non-hydrogen) atoms. The zero-order chi connectivity index (χ0) is 24.4. The second-order valence-corrected chi connectivity index (χ2v) is 8.91. The number of carbonyl (C=O) groups excluding carboxylic acids is 1. The van der Waals surface area contributed by atoms with Crippen LogP contribution in [-0.2, 0) is 11.3 Å². The number of benzene rings is 1. The summed E-state index contributed by atoms with van der Waals surface area (Å²) in [6, 6.07) is 12.6. The zero-order valence-electron chi connectivity index (χ0n) is 19.6. The van der Waals surface area contributed by atoms with Crippen molar-refractivity contribution in [1.82, 2.24) is 24.4 Å². The fourth-order valence-corrected chi connectivity index (χ4v) is 5.03. The first-order valence-corrected chi connectivity index (χ1v) is 11.8. The number of β-amino-alcohol motifs (C(OH)–C–C–N with tert-alkyl or cyclic N) is 1. The summed E-state index contributed by atoms with van der Waals surface area (Å²) in [5, 5.41) is 11.2. The van der Waals surface area contributed by atoms with E-state index in [1.54, 1.807) is 28.7 Å². The molecule has 5 rings (SSSR count). The van der Waals surface area contributed by atoms with E-state index >= 15 is 0 Å². The highest BCUT2D eigenvalue weighted by Crippen LogP contribution is 2.40. The molecule has 10 nitrogen and oxygen atoms in total. The van der Waals surface area contributed by atoms with Gasteiger partial charge >= 0.3 is 6.09 Å². The van der Waals surface area contributed by atoms with Crippen LogP contribution in [0.4, 0.5) is 10.7 Å². The summed E-state index contributed by atoms with van der Waals surface area (Å²) in [7, 11) is 0. The second-order valence-electron chi connectivity index (χ2n) is 8.91. The number of anilines is 1. The number of nitrogens with zero attached hydrogens (tertiary/aromatic N) is 6. The number of rotatable bonds is 5. The van der Waals surface area contributed by atoms with Gasteiger partial charge in [0.25, 0.3) is 5.56 Å². The van der Waals surface area contributed by atoms with E-state index in [0.29, 0.717) is 56.4 Å². The van der Waals surface area contributed by atoms with Gasteiger partial charge in [-0.15, -0.1) is 0 Å². The molecule has 1 amide bonds. The van der Waals surface area contributed by atoms with Crippen molar-refractivity contribution < 1.29 is 14.6 Å². The number of aliphatic hydroxyl groups is 1. The van der Waals surface area contributed by atoms with E-state index in [2.05, 4.69) is 9.97 Å². The zero-order valence-corrected chi connectivity index (χ0v) is 19.6. The first-order valence-electron chi connectivity index (χ1n) is 11.8. The van der Waals surface area contributed by atoms with Crippen LogP contribution in [0.1, 0.15) is 31.4 Å². The molecule has 0 aliphatic carbocycles. The third kappa shape index (κ3) is 4.37. The number of amides is 1. The predicted octanol–water partition coefficient (Wildman–Crippen LogP) is 2.25. The number of ether oxygens (including phenoxy) is 1. The minimum Gasteiger partial charge on any atom is -0.450 e. The van der Waals surface area contributed by atoms with Crippen LogP contribution in [0.2, 0.25) is 0 Å². The van der Waals surface area contributed by atoms with Gasteiger partial charge < -0.3 is 19.6 Å². The number of likely N-dealkylation sites (tertiary alicyclic amines) is 1. The lowest BCUT2D eigenvalue weighted by molar-refractivity contribution is 0.111. The SMILES string of the molecule is CCOC(=O)N1CCC2(CCn3c(nc(-c4ccncn4)cc3=O)N2CC(O)c2ccccc2)C1. The molecule has 4 heterocycles. The van der Waals surface area contributed by atoms with E-state index < -0.39 is 11.6 Å². The van der Waals surface area contributed by atoms with Crippen molar-refractivity contribution in [2.75, 3.05) is 31.1 Å². The summed E-state index contributed by atoms with van der Waals surface area (Å²) in [5.41, 5.74) is 1.10. The van der Waals surface area contributed by atoms with Gasteiger partial charge in [-0.3, -0.25) is 9.36 Å². The van der Waals surface area contributed by atoms with E-state index in [1.807, 2.05) is 35.2 Å². The molecular formula is C25H28N6O4. The number of hydrogen-bond donors (Lipinski definition) is 1. The van der Waals surface area contributed by atoms with Crippen molar-refractivity contribution in [2.24, 2.45) is 0 Å². The van der Waals surface area contributed by atoms with Crippen LogP contribution in [0.5, 0.6) is 0 Å². The predicted molar refractivity (Wildman–Crippen MR) is 129 cm³/mol. The van der Waals surface area contributed by atoms with E-state index in [0.717, 1.165) is 5.56 Å². The fraction of sp³-hybridized carbons (Fsp3) is 0.400. The molecule has 0 bridgehead atoms. The maximum atomic E-state index is 13.1. The molecule has 2 unspecified atom stereocenters. The third-order valence-electron chi connectivity index (χ3n) is 6.85. The van der Waals surface area contributed by atoms with Gasteiger partial charge in [0.2, 0.25) is 5.95 Å². The smallest absolute Gasteiger partial charge is 0.409 e. The summed E-state index contributed by atoms with van der Waals surface area (Å²) >= 11 is 0. The summed E-state index contributed by atoms with van der Waals surface area (Å²) in [6.45, 7) is 3.75. The monoisotopic (exact) mass is 476 g/mol. The molecule has 2 aliphatic rings. The minimum atomic E-state index is -0.809. The number of aliphatic hydroxyl groups excluding tert-OH is 1. The highest BCUT2D eigenvalue weighted by molar-refractivity contribution is 5.68. The van der Waals surface area contributed by atoms with E-state index in [9.17, 15) is 14.7 Å². The largest absolute Gasteiger partial charge is 0.450 e. The molecule has 182 valence electrons. The molecular weight excluding hydrogens is 448 g/mol. The minimum absolute atomic E-state index is 0.182. The Morgan fingerprint density at radius 1 is 1.17 bits per heavy atom. The van der Waals surface area contributed by atoms with E-state index in [4.69, 9.17) is 9.72 Å². The molecule has 1 fully saturated rings. The second kappa shape index (κ2) is 9.46. The van der Waals surface area contributed by atoms with E-state index in [1.165, 1.54) is 12.4 Å². The van der Waals surface area contributed by atoms with Crippen LogP contribution < -0.4 is 10.5 Å². The molecule has 3 aromatic rings. The Kier molecular flexibility index (Phi) is 6.21. The van der Waals surface area contributed by atoms with Crippen LogP contribution in [0.3, 0.4) is 0 Å². The molecule has 1 spiro atoms. The van der Waals surface area contributed by atoms with Crippen LogP contribution in [0.15, 0.2) is 59.8 Å². The topological polar surface area (TPSA) is 114 Å².